The summed E-state index contributed by atoms with van der Waals surface area (Å²) < 4.78 is 5.25. The van der Waals surface area contributed by atoms with Gasteiger partial charge in [-0.1, -0.05) is 0 Å². The van der Waals surface area contributed by atoms with Crippen molar-refractivity contribution in [2.24, 2.45) is 5.92 Å². The molecular formula is C12H16N2O4. The fraction of sp³-hybridized carbons (Fsp3) is 0.583. The summed E-state index contributed by atoms with van der Waals surface area (Å²) >= 11 is 0. The van der Waals surface area contributed by atoms with Crippen LogP contribution in [0.5, 0.6) is 0 Å². The van der Waals surface area contributed by atoms with Crippen molar-refractivity contribution in [2.75, 3.05) is 13.1 Å². The van der Waals surface area contributed by atoms with Crippen LogP contribution in [0.2, 0.25) is 0 Å². The van der Waals surface area contributed by atoms with Crippen molar-refractivity contribution in [1.29, 1.82) is 0 Å². The number of carbonyl (C=O) groups is 2. The third kappa shape index (κ3) is 2.88. The molecule has 0 unspecified atom stereocenters. The highest BCUT2D eigenvalue weighted by molar-refractivity contribution is 5.78. The first-order valence-corrected chi connectivity index (χ1v) is 5.98. The van der Waals surface area contributed by atoms with E-state index in [0.717, 1.165) is 0 Å². The lowest BCUT2D eigenvalue weighted by Gasteiger charge is -2.29. The molecule has 1 fully saturated rings. The van der Waals surface area contributed by atoms with Gasteiger partial charge >= 0.3 is 5.97 Å². The summed E-state index contributed by atoms with van der Waals surface area (Å²) in [7, 11) is 0. The zero-order valence-corrected chi connectivity index (χ0v) is 10.3. The molecule has 1 aromatic heterocycles. The van der Waals surface area contributed by atoms with Crippen LogP contribution in [0.25, 0.3) is 0 Å². The van der Waals surface area contributed by atoms with Gasteiger partial charge in [-0.25, -0.2) is 4.98 Å². The molecule has 0 bridgehead atoms. The second-order valence-electron chi connectivity index (χ2n) is 4.53. The minimum atomic E-state index is -0.773. The minimum Gasteiger partial charge on any atom is -0.481 e. The number of hydrogen-bond donors (Lipinski definition) is 1. The number of oxazole rings is 1. The molecule has 1 aliphatic heterocycles. The molecule has 0 radical (unpaired) electrons. The Bertz CT molecular complexity index is 447. The Balaban J connectivity index is 1.86. The summed E-state index contributed by atoms with van der Waals surface area (Å²) in [5.41, 5.74) is 0. The number of aryl methyl sites for hydroxylation is 1. The minimum absolute atomic E-state index is 0.0549. The lowest BCUT2D eigenvalue weighted by molar-refractivity contribution is -0.145. The Morgan fingerprint density at radius 3 is 2.67 bits per heavy atom. The van der Waals surface area contributed by atoms with Crippen molar-refractivity contribution in [1.82, 2.24) is 9.88 Å². The van der Waals surface area contributed by atoms with Gasteiger partial charge in [0.25, 0.3) is 0 Å². The van der Waals surface area contributed by atoms with Gasteiger partial charge in [0, 0.05) is 13.1 Å². The monoisotopic (exact) mass is 252 g/mol. The smallest absolute Gasteiger partial charge is 0.306 e. The van der Waals surface area contributed by atoms with Crippen LogP contribution < -0.4 is 0 Å². The Labute approximate surface area is 105 Å². The Kier molecular flexibility index (Phi) is 3.64. The normalized spacial score (nSPS) is 16.8. The average molecular weight is 252 g/mol. The van der Waals surface area contributed by atoms with Crippen LogP contribution in [-0.2, 0) is 16.0 Å². The van der Waals surface area contributed by atoms with Crippen LogP contribution in [0.4, 0.5) is 0 Å². The molecule has 6 heteroatoms. The molecule has 6 nitrogen and oxygen atoms in total. The highest BCUT2D eigenvalue weighted by atomic mass is 16.4. The quantitative estimate of drug-likeness (QED) is 0.862. The molecule has 1 N–H and O–H groups in total. The van der Waals surface area contributed by atoms with E-state index in [1.807, 2.05) is 0 Å². The van der Waals surface area contributed by atoms with Gasteiger partial charge in [-0.2, -0.15) is 0 Å². The van der Waals surface area contributed by atoms with Crippen LogP contribution in [0, 0.1) is 12.8 Å². The number of carboxylic acids is 1. The topological polar surface area (TPSA) is 83.6 Å². The van der Waals surface area contributed by atoms with E-state index in [9.17, 15) is 9.59 Å². The van der Waals surface area contributed by atoms with E-state index in [1.165, 1.54) is 0 Å². The number of aromatic nitrogens is 1. The third-order valence-corrected chi connectivity index (χ3v) is 3.17. The molecule has 1 saturated heterocycles. The Morgan fingerprint density at radius 2 is 2.17 bits per heavy atom. The van der Waals surface area contributed by atoms with Crippen molar-refractivity contribution in [3.8, 4) is 0 Å². The van der Waals surface area contributed by atoms with Gasteiger partial charge in [0.2, 0.25) is 11.8 Å². The second-order valence-corrected chi connectivity index (χ2v) is 4.53. The van der Waals surface area contributed by atoms with Crippen LogP contribution in [-0.4, -0.2) is 40.0 Å². The summed E-state index contributed by atoms with van der Waals surface area (Å²) in [5, 5.41) is 8.87. The molecule has 0 aliphatic carbocycles. The van der Waals surface area contributed by atoms with E-state index < -0.39 is 5.97 Å². The maximum atomic E-state index is 11.9. The molecule has 0 saturated carbocycles. The summed E-state index contributed by atoms with van der Waals surface area (Å²) in [6, 6.07) is 0. The van der Waals surface area contributed by atoms with E-state index >= 15 is 0 Å². The van der Waals surface area contributed by atoms with Crippen LogP contribution >= 0.6 is 0 Å². The van der Waals surface area contributed by atoms with Crippen molar-refractivity contribution < 1.29 is 19.1 Å². The number of likely N-dealkylation sites (tertiary alicyclic amines) is 1. The maximum Gasteiger partial charge on any atom is 0.306 e. The molecule has 1 aromatic rings. The van der Waals surface area contributed by atoms with Crippen LogP contribution in [0.15, 0.2) is 10.6 Å². The van der Waals surface area contributed by atoms with Crippen molar-refractivity contribution in [3.63, 3.8) is 0 Å². The summed E-state index contributed by atoms with van der Waals surface area (Å²) in [5.74, 6) is -0.0515. The van der Waals surface area contributed by atoms with Crippen LogP contribution in [0.3, 0.4) is 0 Å². The largest absolute Gasteiger partial charge is 0.481 e. The van der Waals surface area contributed by atoms with Crippen molar-refractivity contribution >= 4 is 11.9 Å². The number of piperidine rings is 1. The molecule has 0 atom stereocenters. The van der Waals surface area contributed by atoms with Crippen molar-refractivity contribution in [3.05, 3.63) is 17.8 Å². The van der Waals surface area contributed by atoms with Gasteiger partial charge in [-0.15, -0.1) is 0 Å². The predicted molar refractivity (Wildman–Crippen MR) is 61.9 cm³/mol. The van der Waals surface area contributed by atoms with Gasteiger partial charge in [0.05, 0.1) is 12.1 Å². The van der Waals surface area contributed by atoms with Gasteiger partial charge < -0.3 is 14.4 Å². The summed E-state index contributed by atoms with van der Waals surface area (Å²) in [6.07, 6.45) is 2.77. The first-order chi connectivity index (χ1) is 8.56. The number of carbonyl (C=O) groups excluding carboxylic acids is 1. The number of amides is 1. The molecule has 98 valence electrons. The fourth-order valence-electron chi connectivity index (χ4n) is 2.10. The molecule has 18 heavy (non-hydrogen) atoms. The lowest BCUT2D eigenvalue weighted by Crippen LogP contribution is -2.41. The number of hydrogen-bond acceptors (Lipinski definition) is 4. The third-order valence-electron chi connectivity index (χ3n) is 3.17. The van der Waals surface area contributed by atoms with Gasteiger partial charge in [-0.05, 0) is 19.8 Å². The molecule has 1 aliphatic rings. The molecule has 1 amide bonds. The number of rotatable bonds is 3. The van der Waals surface area contributed by atoms with E-state index in [4.69, 9.17) is 9.52 Å². The Morgan fingerprint density at radius 1 is 1.50 bits per heavy atom. The molecule has 2 heterocycles. The molecule has 2 rings (SSSR count). The summed E-state index contributed by atoms with van der Waals surface area (Å²) in [6.45, 7) is 2.77. The first kappa shape index (κ1) is 12.6. The van der Waals surface area contributed by atoms with E-state index in [-0.39, 0.29) is 18.2 Å². The van der Waals surface area contributed by atoms with Crippen LogP contribution in [0.1, 0.15) is 24.5 Å². The SMILES string of the molecule is Cc1cnc(CC(=O)N2CCC(C(=O)O)CC2)o1. The zero-order valence-electron chi connectivity index (χ0n) is 10.3. The van der Waals surface area contributed by atoms with Gasteiger partial charge in [0.1, 0.15) is 12.2 Å². The highest BCUT2D eigenvalue weighted by Gasteiger charge is 2.27. The first-order valence-electron chi connectivity index (χ1n) is 5.98. The zero-order chi connectivity index (χ0) is 13.1. The van der Waals surface area contributed by atoms with E-state index in [0.29, 0.717) is 37.6 Å². The molecular weight excluding hydrogens is 236 g/mol. The fourth-order valence-corrected chi connectivity index (χ4v) is 2.10. The number of aliphatic carboxylic acids is 1. The van der Waals surface area contributed by atoms with E-state index in [2.05, 4.69) is 4.98 Å². The number of nitrogens with zero attached hydrogens (tertiary/aromatic N) is 2. The molecule has 0 spiro atoms. The van der Waals surface area contributed by atoms with Gasteiger partial charge in [0.15, 0.2) is 0 Å². The Hall–Kier alpha value is -1.85. The predicted octanol–water partition coefficient (Wildman–Crippen LogP) is 0.849. The van der Waals surface area contributed by atoms with Crippen molar-refractivity contribution in [2.45, 2.75) is 26.2 Å². The second kappa shape index (κ2) is 5.20. The lowest BCUT2D eigenvalue weighted by atomic mass is 9.97. The standard InChI is InChI=1S/C12H16N2O4/c1-8-7-13-10(18-8)6-11(15)14-4-2-9(3-5-14)12(16)17/h7,9H,2-6H2,1H3,(H,16,17). The number of carboxylic acid groups (broad SMARTS) is 1. The summed E-state index contributed by atoms with van der Waals surface area (Å²) in [4.78, 5) is 28.4. The molecule has 0 aromatic carbocycles. The van der Waals surface area contributed by atoms with Gasteiger partial charge in [-0.3, -0.25) is 9.59 Å². The highest BCUT2D eigenvalue weighted by Crippen LogP contribution is 2.18. The maximum absolute atomic E-state index is 11.9. The van der Waals surface area contributed by atoms with E-state index in [1.54, 1.807) is 18.0 Å². The average Bonchev–Trinajstić information content (AvgIpc) is 2.75.